The van der Waals surface area contributed by atoms with Gasteiger partial charge in [0.15, 0.2) is 0 Å². The number of hydrogen-bond donors (Lipinski definition) is 1. The van der Waals surface area contributed by atoms with Crippen LogP contribution in [0.4, 0.5) is 0 Å². The average Bonchev–Trinajstić information content (AvgIpc) is 2.59. The number of rotatable bonds is 0. The molecule has 1 saturated carbocycles. The maximum Gasteiger partial charge on any atom is 0.306 e. The van der Waals surface area contributed by atoms with Gasteiger partial charge in [0.05, 0.1) is 19.1 Å². The summed E-state index contributed by atoms with van der Waals surface area (Å²) >= 11 is 0. The lowest BCUT2D eigenvalue weighted by molar-refractivity contribution is -0.230. The number of esters is 1. The minimum atomic E-state index is -0.606. The van der Waals surface area contributed by atoms with E-state index in [2.05, 4.69) is 0 Å². The van der Waals surface area contributed by atoms with E-state index >= 15 is 0 Å². The molecule has 0 spiro atoms. The highest BCUT2D eigenvalue weighted by Crippen LogP contribution is 2.44. The molecule has 1 unspecified atom stereocenters. The van der Waals surface area contributed by atoms with E-state index in [-0.39, 0.29) is 30.0 Å². The predicted molar refractivity (Wildman–Crippen MR) is 44.9 cm³/mol. The Hall–Kier alpha value is -0.650. The van der Waals surface area contributed by atoms with E-state index in [1.807, 2.05) is 0 Å². The molecule has 1 aliphatic carbocycles. The molecular weight excluding hydrogens is 186 g/mol. The van der Waals surface area contributed by atoms with Gasteiger partial charge in [0.2, 0.25) is 6.41 Å². The van der Waals surface area contributed by atoms with E-state index in [0.717, 1.165) is 6.42 Å². The van der Waals surface area contributed by atoms with Crippen molar-refractivity contribution in [3.8, 4) is 0 Å². The zero-order chi connectivity index (χ0) is 9.71. The molecular formula is C9H13NO4. The molecule has 0 aromatic carbocycles. The van der Waals surface area contributed by atoms with Gasteiger partial charge in [-0.1, -0.05) is 0 Å². The van der Waals surface area contributed by atoms with Crippen LogP contribution < -0.4 is 5.73 Å². The zero-order valence-corrected chi connectivity index (χ0v) is 7.72. The van der Waals surface area contributed by atoms with E-state index in [0.29, 0.717) is 13.0 Å². The first-order chi connectivity index (χ1) is 6.74. The van der Waals surface area contributed by atoms with Crippen molar-refractivity contribution >= 4 is 5.97 Å². The Morgan fingerprint density at radius 3 is 3.00 bits per heavy atom. The summed E-state index contributed by atoms with van der Waals surface area (Å²) in [5.41, 5.74) is 5.52. The SMILES string of the molecule is NC1OC[C@@H]2[C@H]3CC(=O)O[C@H]3C[C@H]2O1. The van der Waals surface area contributed by atoms with Gasteiger partial charge in [-0.3, -0.25) is 10.5 Å². The van der Waals surface area contributed by atoms with Crippen molar-refractivity contribution in [2.45, 2.75) is 31.5 Å². The molecule has 0 aromatic rings. The molecule has 0 aromatic heterocycles. The smallest absolute Gasteiger partial charge is 0.306 e. The van der Waals surface area contributed by atoms with Crippen LogP contribution in [-0.4, -0.2) is 31.2 Å². The first kappa shape index (κ1) is 8.64. The minimum absolute atomic E-state index is 0.0337. The molecule has 3 fully saturated rings. The molecule has 0 bridgehead atoms. The summed E-state index contributed by atoms with van der Waals surface area (Å²) in [6, 6.07) is 0. The van der Waals surface area contributed by atoms with Gasteiger partial charge in [0.25, 0.3) is 0 Å². The maximum absolute atomic E-state index is 11.1. The third-order valence-corrected chi connectivity index (χ3v) is 3.42. The first-order valence-corrected chi connectivity index (χ1v) is 4.96. The first-order valence-electron chi connectivity index (χ1n) is 4.96. The molecule has 5 nitrogen and oxygen atoms in total. The fourth-order valence-corrected chi connectivity index (χ4v) is 2.76. The normalized spacial score (nSPS) is 51.2. The summed E-state index contributed by atoms with van der Waals surface area (Å²) in [6.07, 6.45) is 0.824. The van der Waals surface area contributed by atoms with Crippen molar-refractivity contribution in [1.82, 2.24) is 0 Å². The Morgan fingerprint density at radius 1 is 1.29 bits per heavy atom. The van der Waals surface area contributed by atoms with Crippen LogP contribution in [0.1, 0.15) is 12.8 Å². The number of fused-ring (bicyclic) bond motifs is 3. The van der Waals surface area contributed by atoms with Gasteiger partial charge in [0, 0.05) is 18.3 Å². The van der Waals surface area contributed by atoms with Crippen LogP contribution in [0.3, 0.4) is 0 Å². The van der Waals surface area contributed by atoms with Crippen molar-refractivity contribution < 1.29 is 19.0 Å². The molecule has 2 heterocycles. The van der Waals surface area contributed by atoms with E-state index < -0.39 is 6.41 Å². The fraction of sp³-hybridized carbons (Fsp3) is 0.889. The third kappa shape index (κ3) is 1.16. The van der Waals surface area contributed by atoms with Crippen LogP contribution in [0, 0.1) is 11.8 Å². The summed E-state index contributed by atoms with van der Waals surface area (Å²) in [5.74, 6) is 0.472. The largest absolute Gasteiger partial charge is 0.462 e. The Morgan fingerprint density at radius 2 is 2.14 bits per heavy atom. The van der Waals surface area contributed by atoms with Gasteiger partial charge >= 0.3 is 5.97 Å². The van der Waals surface area contributed by atoms with Crippen LogP contribution in [-0.2, 0) is 19.0 Å². The van der Waals surface area contributed by atoms with Crippen LogP contribution in [0.2, 0.25) is 0 Å². The molecule has 2 saturated heterocycles. The summed E-state index contributed by atoms with van der Waals surface area (Å²) < 4.78 is 15.9. The lowest BCUT2D eigenvalue weighted by Crippen LogP contribution is -2.43. The molecule has 5 atom stereocenters. The van der Waals surface area contributed by atoms with Gasteiger partial charge in [-0.05, 0) is 0 Å². The van der Waals surface area contributed by atoms with E-state index in [1.54, 1.807) is 0 Å². The minimum Gasteiger partial charge on any atom is -0.462 e. The molecule has 0 amide bonds. The lowest BCUT2D eigenvalue weighted by atomic mass is 9.92. The van der Waals surface area contributed by atoms with Crippen LogP contribution in [0.15, 0.2) is 0 Å². The van der Waals surface area contributed by atoms with E-state index in [4.69, 9.17) is 19.9 Å². The number of ether oxygens (including phenoxy) is 3. The molecule has 3 rings (SSSR count). The van der Waals surface area contributed by atoms with Gasteiger partial charge in [-0.25, -0.2) is 0 Å². The zero-order valence-electron chi connectivity index (χ0n) is 7.72. The summed E-state index contributed by atoms with van der Waals surface area (Å²) in [7, 11) is 0. The second kappa shape index (κ2) is 2.92. The second-order valence-electron chi connectivity index (χ2n) is 4.17. The number of carbonyl (C=O) groups excluding carboxylic acids is 1. The maximum atomic E-state index is 11.1. The van der Waals surface area contributed by atoms with Gasteiger partial charge < -0.3 is 14.2 Å². The van der Waals surface area contributed by atoms with Gasteiger partial charge in [-0.2, -0.15) is 0 Å². The van der Waals surface area contributed by atoms with Crippen LogP contribution in [0.25, 0.3) is 0 Å². The Balaban J connectivity index is 1.77. The number of hydrogen-bond acceptors (Lipinski definition) is 5. The summed E-state index contributed by atoms with van der Waals surface area (Å²) in [4.78, 5) is 11.1. The molecule has 5 heteroatoms. The van der Waals surface area contributed by atoms with Gasteiger partial charge in [0.1, 0.15) is 6.10 Å². The fourth-order valence-electron chi connectivity index (χ4n) is 2.76. The van der Waals surface area contributed by atoms with Crippen molar-refractivity contribution in [3.63, 3.8) is 0 Å². The highest BCUT2D eigenvalue weighted by Gasteiger charge is 2.52. The van der Waals surface area contributed by atoms with E-state index in [1.165, 1.54) is 0 Å². The topological polar surface area (TPSA) is 70.8 Å². The Bertz CT molecular complexity index is 270. The van der Waals surface area contributed by atoms with E-state index in [9.17, 15) is 4.79 Å². The van der Waals surface area contributed by atoms with Crippen LogP contribution in [0.5, 0.6) is 0 Å². The van der Waals surface area contributed by atoms with Crippen LogP contribution >= 0.6 is 0 Å². The van der Waals surface area contributed by atoms with Crippen molar-refractivity contribution in [2.24, 2.45) is 17.6 Å². The number of nitrogens with two attached hydrogens (primary N) is 1. The Kier molecular flexibility index (Phi) is 1.80. The summed E-state index contributed by atoms with van der Waals surface area (Å²) in [6.45, 7) is 0.587. The highest BCUT2D eigenvalue weighted by atomic mass is 16.7. The number of carbonyl (C=O) groups is 1. The lowest BCUT2D eigenvalue weighted by Gasteiger charge is -2.31. The highest BCUT2D eigenvalue weighted by molar-refractivity contribution is 5.72. The summed E-state index contributed by atoms with van der Waals surface area (Å²) in [5, 5.41) is 0. The molecule has 78 valence electrons. The second-order valence-corrected chi connectivity index (χ2v) is 4.17. The monoisotopic (exact) mass is 199 g/mol. The molecule has 0 radical (unpaired) electrons. The van der Waals surface area contributed by atoms with Gasteiger partial charge in [-0.15, -0.1) is 0 Å². The Labute approximate surface area is 81.5 Å². The van der Waals surface area contributed by atoms with Crippen molar-refractivity contribution in [3.05, 3.63) is 0 Å². The van der Waals surface area contributed by atoms with Crippen molar-refractivity contribution in [1.29, 1.82) is 0 Å². The average molecular weight is 199 g/mol. The molecule has 2 aliphatic heterocycles. The quantitative estimate of drug-likeness (QED) is 0.537. The molecule has 3 aliphatic rings. The standard InChI is InChI=1S/C9H13NO4/c10-9-12-3-5-4-1-8(11)13-6(4)2-7(5)14-9/h4-7,9H,1-3,10H2/t4-,5-,6+,7-,9?/m1/s1. The van der Waals surface area contributed by atoms with Crippen molar-refractivity contribution in [2.75, 3.05) is 6.61 Å². The molecule has 14 heavy (non-hydrogen) atoms. The predicted octanol–water partition coefficient (Wildman–Crippen LogP) is -0.404. The molecule has 2 N–H and O–H groups in total. The third-order valence-electron chi connectivity index (χ3n) is 3.42.